The summed E-state index contributed by atoms with van der Waals surface area (Å²) < 4.78 is 45.9. The molecule has 1 amide bonds. The Morgan fingerprint density at radius 2 is 1.40 bits per heavy atom. The smallest absolute Gasteiger partial charge is 0.246 e. The summed E-state index contributed by atoms with van der Waals surface area (Å²) in [7, 11) is 0. The third-order valence-electron chi connectivity index (χ3n) is 6.31. The maximum Gasteiger partial charge on any atom is 0.246 e. The van der Waals surface area contributed by atoms with Gasteiger partial charge in [0.05, 0.1) is 98.1 Å². The molecule has 1 aliphatic rings. The number of hydrogen-bond acceptors (Lipinski definition) is 12. The lowest BCUT2D eigenvalue weighted by molar-refractivity contribution is -0.128. The van der Waals surface area contributed by atoms with Gasteiger partial charge in [0.1, 0.15) is 18.4 Å². The number of amides is 1. The van der Waals surface area contributed by atoms with Crippen molar-refractivity contribution >= 4 is 5.91 Å². The van der Waals surface area contributed by atoms with Gasteiger partial charge in [-0.15, -0.1) is 5.10 Å². The average molecular weight is 604 g/mol. The number of nitrogens with one attached hydrogen (secondary N) is 1. The van der Waals surface area contributed by atoms with Crippen molar-refractivity contribution < 1.29 is 42.7 Å². The fourth-order valence-corrected chi connectivity index (χ4v) is 4.20. The van der Waals surface area contributed by atoms with Crippen LogP contribution in [0.25, 0.3) is 0 Å². The summed E-state index contributed by atoms with van der Waals surface area (Å²) in [6.45, 7) is 10.8. The Balaban J connectivity index is 1.56. The van der Waals surface area contributed by atoms with Crippen molar-refractivity contribution in [2.45, 2.75) is 51.7 Å². The van der Waals surface area contributed by atoms with E-state index in [0.717, 1.165) is 43.5 Å². The summed E-state index contributed by atoms with van der Waals surface area (Å²) in [5.41, 5.74) is 7.26. The highest BCUT2D eigenvalue weighted by Crippen LogP contribution is 2.29. The zero-order chi connectivity index (χ0) is 29.9. The Bertz CT molecular complexity index is 787. The predicted molar refractivity (Wildman–Crippen MR) is 154 cm³/mol. The summed E-state index contributed by atoms with van der Waals surface area (Å²) in [5.74, 6) is -0.184. The predicted octanol–water partition coefficient (Wildman–Crippen LogP) is 0.663. The molecule has 2 rings (SSSR count). The zero-order valence-electron chi connectivity index (χ0n) is 25.4. The largest absolute Gasteiger partial charge is 0.379 e. The molecule has 244 valence electrons. The SMILES string of the molecule is CCOCCOCCOCCOCCNC(=O)COC1CCCCCc2c1nnn2CCOCCOCCOCCN. The molecule has 42 heavy (non-hydrogen) atoms. The topological polar surface area (TPSA) is 160 Å². The number of carbonyl (C=O) groups is 1. The van der Waals surface area contributed by atoms with Gasteiger partial charge in [0.25, 0.3) is 0 Å². The number of nitrogens with zero attached hydrogens (tertiary/aromatic N) is 3. The molecule has 1 aromatic heterocycles. The van der Waals surface area contributed by atoms with E-state index in [4.69, 9.17) is 43.6 Å². The van der Waals surface area contributed by atoms with Crippen molar-refractivity contribution in [3.05, 3.63) is 11.4 Å². The Labute approximate surface area is 250 Å². The van der Waals surface area contributed by atoms with Crippen LogP contribution < -0.4 is 11.1 Å². The Morgan fingerprint density at radius 1 is 0.810 bits per heavy atom. The number of nitrogens with two attached hydrogens (primary N) is 1. The van der Waals surface area contributed by atoms with Crippen LogP contribution in [0.3, 0.4) is 0 Å². The van der Waals surface area contributed by atoms with Crippen LogP contribution in [0, 0.1) is 0 Å². The van der Waals surface area contributed by atoms with Crippen LogP contribution in [-0.4, -0.2) is 133 Å². The standard InChI is InChI=1S/C28H53N5O9/c1-2-35-14-15-39-22-23-41-20-17-37-12-9-30-27(34)24-42-26-7-5-3-4-6-25-28(26)31-32-33(25)10-13-38-18-21-40-19-16-36-11-8-29/h26H,2-24,29H2,1H3,(H,30,34). The van der Waals surface area contributed by atoms with Crippen molar-refractivity contribution in [2.75, 3.05) is 112 Å². The molecule has 1 aromatic rings. The second-order valence-corrected chi connectivity index (χ2v) is 9.55. The van der Waals surface area contributed by atoms with Crippen LogP contribution in [0.5, 0.6) is 0 Å². The highest BCUT2D eigenvalue weighted by Gasteiger charge is 2.25. The van der Waals surface area contributed by atoms with Crippen molar-refractivity contribution in [3.63, 3.8) is 0 Å². The molecule has 0 saturated heterocycles. The Kier molecular flexibility index (Phi) is 22.3. The van der Waals surface area contributed by atoms with Gasteiger partial charge in [0.15, 0.2) is 0 Å². The second kappa shape index (κ2) is 25.7. The van der Waals surface area contributed by atoms with Gasteiger partial charge in [-0.1, -0.05) is 18.1 Å². The lowest BCUT2D eigenvalue weighted by atomic mass is 9.99. The highest BCUT2D eigenvalue weighted by atomic mass is 16.6. The minimum atomic E-state index is -0.257. The third-order valence-corrected chi connectivity index (χ3v) is 6.31. The van der Waals surface area contributed by atoms with Crippen LogP contribution in [0.15, 0.2) is 0 Å². The summed E-state index contributed by atoms with van der Waals surface area (Å²) in [6, 6.07) is 0. The van der Waals surface area contributed by atoms with E-state index >= 15 is 0 Å². The van der Waals surface area contributed by atoms with Gasteiger partial charge >= 0.3 is 0 Å². The molecule has 3 N–H and O–H groups in total. The molecular formula is C28H53N5O9. The highest BCUT2D eigenvalue weighted by molar-refractivity contribution is 5.77. The Morgan fingerprint density at radius 3 is 2.05 bits per heavy atom. The number of carbonyl (C=O) groups excluding carboxylic acids is 1. The lowest BCUT2D eigenvalue weighted by Crippen LogP contribution is -2.31. The van der Waals surface area contributed by atoms with Gasteiger partial charge in [-0.05, 0) is 26.2 Å². The summed E-state index contributed by atoms with van der Waals surface area (Å²) in [4.78, 5) is 12.4. The number of hydrogen-bond donors (Lipinski definition) is 2. The molecule has 0 aliphatic heterocycles. The molecule has 14 nitrogen and oxygen atoms in total. The maximum atomic E-state index is 12.4. The first kappa shape index (κ1) is 36.4. The van der Waals surface area contributed by atoms with E-state index in [2.05, 4.69) is 15.6 Å². The lowest BCUT2D eigenvalue weighted by Gasteiger charge is -2.20. The molecule has 1 aliphatic carbocycles. The van der Waals surface area contributed by atoms with Gasteiger partial charge in [0.2, 0.25) is 5.91 Å². The van der Waals surface area contributed by atoms with Crippen LogP contribution in [0.1, 0.15) is 50.1 Å². The van der Waals surface area contributed by atoms with Gasteiger partial charge < -0.3 is 48.9 Å². The van der Waals surface area contributed by atoms with E-state index in [1.165, 1.54) is 0 Å². The molecule has 0 bridgehead atoms. The molecule has 1 atom stereocenters. The average Bonchev–Trinajstić information content (AvgIpc) is 3.37. The molecular weight excluding hydrogens is 550 g/mol. The van der Waals surface area contributed by atoms with Gasteiger partial charge in [0, 0.05) is 19.7 Å². The van der Waals surface area contributed by atoms with E-state index in [0.29, 0.717) is 112 Å². The van der Waals surface area contributed by atoms with Crippen molar-refractivity contribution in [1.82, 2.24) is 20.3 Å². The van der Waals surface area contributed by atoms with E-state index in [1.807, 2.05) is 11.6 Å². The van der Waals surface area contributed by atoms with Crippen LogP contribution >= 0.6 is 0 Å². The molecule has 0 radical (unpaired) electrons. The van der Waals surface area contributed by atoms with E-state index < -0.39 is 0 Å². The number of fused-ring (bicyclic) bond motifs is 1. The molecule has 0 aromatic carbocycles. The fourth-order valence-electron chi connectivity index (χ4n) is 4.20. The Hall–Kier alpha value is -1.75. The summed E-state index contributed by atoms with van der Waals surface area (Å²) in [6.07, 6.45) is 4.62. The number of aromatic nitrogens is 3. The normalized spacial score (nSPS) is 15.3. The molecule has 1 heterocycles. The van der Waals surface area contributed by atoms with Crippen LogP contribution in [-0.2, 0) is 55.7 Å². The first-order chi connectivity index (χ1) is 20.8. The minimum absolute atomic E-state index is 0.0379. The number of ether oxygens (including phenoxy) is 8. The molecule has 0 fully saturated rings. The van der Waals surface area contributed by atoms with Gasteiger partial charge in [-0.25, -0.2) is 4.68 Å². The van der Waals surface area contributed by atoms with E-state index in [1.54, 1.807) is 0 Å². The summed E-state index contributed by atoms with van der Waals surface area (Å²) >= 11 is 0. The second-order valence-electron chi connectivity index (χ2n) is 9.55. The fraction of sp³-hybridized carbons (Fsp3) is 0.893. The van der Waals surface area contributed by atoms with Gasteiger partial charge in [-0.3, -0.25) is 4.79 Å². The van der Waals surface area contributed by atoms with E-state index in [-0.39, 0.29) is 18.6 Å². The minimum Gasteiger partial charge on any atom is -0.379 e. The van der Waals surface area contributed by atoms with Crippen LogP contribution in [0.2, 0.25) is 0 Å². The van der Waals surface area contributed by atoms with Crippen molar-refractivity contribution in [1.29, 1.82) is 0 Å². The first-order valence-corrected chi connectivity index (χ1v) is 15.3. The van der Waals surface area contributed by atoms with Crippen LogP contribution in [0.4, 0.5) is 0 Å². The molecule has 14 heteroatoms. The molecule has 0 saturated carbocycles. The van der Waals surface area contributed by atoms with Gasteiger partial charge in [-0.2, -0.15) is 0 Å². The summed E-state index contributed by atoms with van der Waals surface area (Å²) in [5, 5.41) is 11.6. The van der Waals surface area contributed by atoms with E-state index in [9.17, 15) is 4.79 Å². The van der Waals surface area contributed by atoms with Crippen molar-refractivity contribution in [3.8, 4) is 0 Å². The first-order valence-electron chi connectivity index (χ1n) is 15.3. The monoisotopic (exact) mass is 603 g/mol. The number of rotatable bonds is 27. The van der Waals surface area contributed by atoms with Crippen molar-refractivity contribution in [2.24, 2.45) is 5.73 Å². The molecule has 1 unspecified atom stereocenters. The zero-order valence-corrected chi connectivity index (χ0v) is 25.4. The maximum absolute atomic E-state index is 12.4. The quantitative estimate of drug-likeness (QED) is 0.136. The molecule has 0 spiro atoms. The third kappa shape index (κ3) is 17.4.